The Hall–Kier alpha value is -2.19. The van der Waals surface area contributed by atoms with Crippen LogP contribution < -0.4 is 11.1 Å². The zero-order chi connectivity index (χ0) is 14.7. The highest BCUT2D eigenvalue weighted by atomic mass is 32.2. The summed E-state index contributed by atoms with van der Waals surface area (Å²) in [7, 11) is 0. The molecule has 3 N–H and O–H groups in total. The molecule has 3 aromatic rings. The third kappa shape index (κ3) is 3.29. The van der Waals surface area contributed by atoms with E-state index in [0.717, 1.165) is 27.7 Å². The molecule has 0 atom stereocenters. The van der Waals surface area contributed by atoms with Crippen LogP contribution in [0.2, 0.25) is 0 Å². The minimum Gasteiger partial charge on any atom is -0.384 e. The maximum Gasteiger partial charge on any atom is 0.234 e. The number of hydrogen-bond acceptors (Lipinski definition) is 7. The maximum atomic E-state index is 12.0. The van der Waals surface area contributed by atoms with Crippen LogP contribution in [0.5, 0.6) is 0 Å². The number of nitrogen functional groups attached to an aromatic ring is 1. The molecule has 0 spiro atoms. The van der Waals surface area contributed by atoms with Gasteiger partial charge in [-0.05, 0) is 24.3 Å². The van der Waals surface area contributed by atoms with Crippen LogP contribution in [0.4, 0.5) is 11.5 Å². The predicted octanol–water partition coefficient (Wildman–Crippen LogP) is 2.40. The molecule has 2 heterocycles. The lowest BCUT2D eigenvalue weighted by molar-refractivity contribution is -0.113. The van der Waals surface area contributed by atoms with E-state index in [9.17, 15) is 4.79 Å². The van der Waals surface area contributed by atoms with E-state index in [1.807, 2.05) is 24.3 Å². The Morgan fingerprint density at radius 3 is 3.00 bits per heavy atom. The number of carbonyl (C=O) groups is 1. The van der Waals surface area contributed by atoms with E-state index in [2.05, 4.69) is 19.0 Å². The van der Waals surface area contributed by atoms with Crippen LogP contribution >= 0.6 is 23.5 Å². The van der Waals surface area contributed by atoms with Gasteiger partial charge in [0.25, 0.3) is 0 Å². The highest BCUT2D eigenvalue weighted by molar-refractivity contribution is 8.00. The Bertz CT molecular complexity index is 772. The van der Waals surface area contributed by atoms with Crippen LogP contribution in [0.25, 0.3) is 11.0 Å². The van der Waals surface area contributed by atoms with Crippen molar-refractivity contribution < 1.29 is 4.79 Å². The molecule has 1 amide bonds. The van der Waals surface area contributed by atoms with Crippen LogP contribution in [-0.4, -0.2) is 25.4 Å². The maximum absolute atomic E-state index is 12.0. The third-order valence-electron chi connectivity index (χ3n) is 2.69. The molecule has 1 aromatic carbocycles. The summed E-state index contributed by atoms with van der Waals surface area (Å²) in [6, 6.07) is 9.07. The second-order valence-corrected chi connectivity index (χ2v) is 5.77. The fraction of sp³-hybridized carbons (Fsp3) is 0.0769. The van der Waals surface area contributed by atoms with Gasteiger partial charge >= 0.3 is 0 Å². The summed E-state index contributed by atoms with van der Waals surface area (Å²) in [5, 5.41) is 2.85. The van der Waals surface area contributed by atoms with Gasteiger partial charge in [0, 0.05) is 11.1 Å². The van der Waals surface area contributed by atoms with Crippen molar-refractivity contribution in [2.24, 2.45) is 0 Å². The van der Waals surface area contributed by atoms with Crippen molar-refractivity contribution in [1.29, 1.82) is 0 Å². The summed E-state index contributed by atoms with van der Waals surface area (Å²) in [5.41, 5.74) is 7.70. The molecule has 0 aliphatic carbocycles. The topological polar surface area (TPSA) is 93.8 Å². The number of thioether (sulfide) groups is 1. The standard InChI is InChI=1S/C13H11N5OS2/c14-11-5-4-8(6-15-11)20-7-12(19)16-9-2-1-3-10-13(9)18-21-17-10/h1-6H,7H2,(H2,14,15)(H,16,19). The van der Waals surface area contributed by atoms with Crippen LogP contribution in [0.1, 0.15) is 0 Å². The van der Waals surface area contributed by atoms with Crippen molar-refractivity contribution in [2.75, 3.05) is 16.8 Å². The van der Waals surface area contributed by atoms with Crippen molar-refractivity contribution in [2.45, 2.75) is 4.90 Å². The number of pyridine rings is 1. The molecule has 0 saturated heterocycles. The van der Waals surface area contributed by atoms with Gasteiger partial charge in [-0.3, -0.25) is 4.79 Å². The van der Waals surface area contributed by atoms with Gasteiger partial charge in [-0.2, -0.15) is 8.75 Å². The number of amides is 1. The highest BCUT2D eigenvalue weighted by Gasteiger charge is 2.09. The first kappa shape index (κ1) is 13.8. The van der Waals surface area contributed by atoms with E-state index < -0.39 is 0 Å². The van der Waals surface area contributed by atoms with Crippen LogP contribution in [0.15, 0.2) is 41.4 Å². The molecule has 3 rings (SSSR count). The Labute approximate surface area is 129 Å². The number of carbonyl (C=O) groups excluding carboxylic acids is 1. The lowest BCUT2D eigenvalue weighted by atomic mass is 10.2. The number of aromatic nitrogens is 3. The van der Waals surface area contributed by atoms with Gasteiger partial charge < -0.3 is 11.1 Å². The lowest BCUT2D eigenvalue weighted by Crippen LogP contribution is -2.14. The van der Waals surface area contributed by atoms with Gasteiger partial charge in [-0.25, -0.2) is 4.98 Å². The first-order valence-corrected chi connectivity index (χ1v) is 7.79. The zero-order valence-corrected chi connectivity index (χ0v) is 12.4. The fourth-order valence-electron chi connectivity index (χ4n) is 1.72. The molecular weight excluding hydrogens is 306 g/mol. The Kier molecular flexibility index (Phi) is 3.98. The van der Waals surface area contributed by atoms with Gasteiger partial charge in [0.05, 0.1) is 23.2 Å². The van der Waals surface area contributed by atoms with Gasteiger partial charge in [0.2, 0.25) is 5.91 Å². The SMILES string of the molecule is Nc1ccc(SCC(=O)Nc2cccc3nsnc23)cn1. The largest absolute Gasteiger partial charge is 0.384 e. The Balaban J connectivity index is 1.64. The van der Waals surface area contributed by atoms with Crippen LogP contribution in [0.3, 0.4) is 0 Å². The number of fused-ring (bicyclic) bond motifs is 1. The highest BCUT2D eigenvalue weighted by Crippen LogP contribution is 2.22. The summed E-state index contributed by atoms with van der Waals surface area (Å²) < 4.78 is 8.33. The van der Waals surface area contributed by atoms with E-state index in [4.69, 9.17) is 5.73 Å². The average Bonchev–Trinajstić information content (AvgIpc) is 2.96. The minimum absolute atomic E-state index is 0.0997. The Morgan fingerprint density at radius 1 is 1.29 bits per heavy atom. The molecule has 0 radical (unpaired) electrons. The van der Waals surface area contributed by atoms with Crippen molar-refractivity contribution in [3.8, 4) is 0 Å². The first-order valence-electron chi connectivity index (χ1n) is 6.08. The monoisotopic (exact) mass is 317 g/mol. The molecule has 0 unspecified atom stereocenters. The van der Waals surface area contributed by atoms with E-state index >= 15 is 0 Å². The van der Waals surface area contributed by atoms with Gasteiger partial charge in [-0.1, -0.05) is 6.07 Å². The average molecular weight is 317 g/mol. The molecule has 0 aliphatic rings. The van der Waals surface area contributed by atoms with Gasteiger partial charge in [-0.15, -0.1) is 11.8 Å². The van der Waals surface area contributed by atoms with Crippen molar-refractivity contribution in [3.05, 3.63) is 36.5 Å². The molecule has 0 saturated carbocycles. The van der Waals surface area contributed by atoms with Crippen molar-refractivity contribution in [1.82, 2.24) is 13.7 Å². The predicted molar refractivity (Wildman–Crippen MR) is 85.4 cm³/mol. The third-order valence-corrected chi connectivity index (χ3v) is 4.21. The molecule has 0 bridgehead atoms. The number of nitrogens with one attached hydrogen (secondary N) is 1. The van der Waals surface area contributed by atoms with E-state index in [1.165, 1.54) is 11.8 Å². The molecular formula is C13H11N5OS2. The first-order chi connectivity index (χ1) is 10.2. The summed E-state index contributed by atoms with van der Waals surface area (Å²) >= 11 is 2.53. The van der Waals surface area contributed by atoms with Crippen LogP contribution in [-0.2, 0) is 4.79 Å². The number of rotatable bonds is 4. The van der Waals surface area contributed by atoms with Crippen molar-refractivity contribution in [3.63, 3.8) is 0 Å². The molecule has 2 aromatic heterocycles. The minimum atomic E-state index is -0.0997. The summed E-state index contributed by atoms with van der Waals surface area (Å²) in [6.07, 6.45) is 1.65. The van der Waals surface area contributed by atoms with Gasteiger partial charge in [0.15, 0.2) is 0 Å². The Morgan fingerprint density at radius 2 is 2.19 bits per heavy atom. The molecule has 8 heteroatoms. The summed E-state index contributed by atoms with van der Waals surface area (Å²) in [6.45, 7) is 0. The summed E-state index contributed by atoms with van der Waals surface area (Å²) in [4.78, 5) is 16.9. The molecule has 6 nitrogen and oxygen atoms in total. The molecule has 106 valence electrons. The number of nitrogens with two attached hydrogens (primary N) is 1. The van der Waals surface area contributed by atoms with E-state index in [-0.39, 0.29) is 5.91 Å². The molecule has 0 fully saturated rings. The van der Waals surface area contributed by atoms with Gasteiger partial charge in [0.1, 0.15) is 16.9 Å². The zero-order valence-electron chi connectivity index (χ0n) is 10.8. The smallest absolute Gasteiger partial charge is 0.234 e. The number of benzene rings is 1. The number of nitrogens with zero attached hydrogens (tertiary/aromatic N) is 3. The van der Waals surface area contributed by atoms with E-state index in [0.29, 0.717) is 17.3 Å². The normalized spacial score (nSPS) is 10.7. The number of hydrogen-bond donors (Lipinski definition) is 2. The van der Waals surface area contributed by atoms with E-state index in [1.54, 1.807) is 12.3 Å². The second kappa shape index (κ2) is 6.06. The second-order valence-electron chi connectivity index (χ2n) is 4.19. The summed E-state index contributed by atoms with van der Waals surface area (Å²) in [5.74, 6) is 0.656. The number of anilines is 2. The molecule has 0 aliphatic heterocycles. The lowest BCUT2D eigenvalue weighted by Gasteiger charge is -2.05. The quantitative estimate of drug-likeness (QED) is 0.718. The van der Waals surface area contributed by atoms with Crippen molar-refractivity contribution >= 4 is 51.9 Å². The fourth-order valence-corrected chi connectivity index (χ4v) is 2.93. The molecule has 21 heavy (non-hydrogen) atoms. The van der Waals surface area contributed by atoms with Crippen LogP contribution in [0, 0.1) is 0 Å².